The number of carbonyl (C=O) groups is 2. The third kappa shape index (κ3) is 8.62. The van der Waals surface area contributed by atoms with Crippen LogP contribution < -0.4 is 21.3 Å². The van der Waals surface area contributed by atoms with Crippen molar-refractivity contribution < 1.29 is 32.2 Å². The molecule has 47 heavy (non-hydrogen) atoms. The molecule has 0 saturated carbocycles. The molecule has 6 heterocycles. The Labute approximate surface area is 275 Å². The summed E-state index contributed by atoms with van der Waals surface area (Å²) in [4.78, 5) is 32.7. The third-order valence-corrected chi connectivity index (χ3v) is 7.73. The highest BCUT2D eigenvalue weighted by Gasteiger charge is 2.38. The van der Waals surface area contributed by atoms with E-state index in [0.717, 1.165) is 25.3 Å². The molecule has 6 rings (SSSR count). The SMILES string of the molecule is Cc1[nH]nc(C(=O)Nc2ccc([C@H]3CNCCO3)nc2)c1Cl.O=C(Nc1ccc([C@H]2CNCCO2)nc1)c1n[nH]c(C(F)(F)F)c1Cl. The number of carbonyl (C=O) groups excluding carboxylic acids is 2. The van der Waals surface area contributed by atoms with Crippen LogP contribution in [0.15, 0.2) is 36.7 Å². The Kier molecular flexibility index (Phi) is 11.1. The number of nitrogens with one attached hydrogen (secondary N) is 6. The Morgan fingerprint density at radius 3 is 1.66 bits per heavy atom. The van der Waals surface area contributed by atoms with Gasteiger partial charge in [0.15, 0.2) is 17.1 Å². The molecule has 2 atom stereocenters. The largest absolute Gasteiger partial charge is 0.434 e. The molecule has 0 aromatic carbocycles. The highest BCUT2D eigenvalue weighted by molar-refractivity contribution is 6.35. The van der Waals surface area contributed by atoms with Crippen LogP contribution >= 0.6 is 23.2 Å². The Bertz CT molecular complexity index is 1670. The lowest BCUT2D eigenvalue weighted by molar-refractivity contribution is -0.141. The van der Waals surface area contributed by atoms with E-state index in [9.17, 15) is 22.8 Å². The molecule has 2 amide bonds. The van der Waals surface area contributed by atoms with Crippen LogP contribution in [-0.4, -0.2) is 81.6 Å². The average Bonchev–Trinajstić information content (AvgIpc) is 3.64. The first kappa shape index (κ1) is 34.2. The van der Waals surface area contributed by atoms with Gasteiger partial charge in [0.1, 0.15) is 17.2 Å². The van der Waals surface area contributed by atoms with E-state index < -0.39 is 28.5 Å². The number of aromatic amines is 2. The summed E-state index contributed by atoms with van der Waals surface area (Å²) in [5.41, 5.74) is 1.40. The second kappa shape index (κ2) is 15.2. The molecular weight excluding hydrogens is 668 g/mol. The van der Waals surface area contributed by atoms with Crippen molar-refractivity contribution in [2.45, 2.75) is 25.3 Å². The van der Waals surface area contributed by atoms with Gasteiger partial charge in [0.25, 0.3) is 11.8 Å². The molecule has 4 aromatic rings. The van der Waals surface area contributed by atoms with E-state index in [4.69, 9.17) is 32.7 Å². The van der Waals surface area contributed by atoms with E-state index in [1.807, 2.05) is 6.07 Å². The molecule has 0 aliphatic carbocycles. The first-order chi connectivity index (χ1) is 22.5. The van der Waals surface area contributed by atoms with Crippen molar-refractivity contribution in [1.82, 2.24) is 41.0 Å². The van der Waals surface area contributed by atoms with Crippen LogP contribution in [0.3, 0.4) is 0 Å². The molecule has 0 unspecified atom stereocenters. The van der Waals surface area contributed by atoms with Gasteiger partial charge in [0.05, 0.1) is 59.1 Å². The summed E-state index contributed by atoms with van der Waals surface area (Å²) >= 11 is 11.6. The fourth-order valence-corrected chi connectivity index (χ4v) is 4.91. The van der Waals surface area contributed by atoms with E-state index in [0.29, 0.717) is 47.5 Å². The normalized spacial score (nSPS) is 18.2. The predicted octanol–water partition coefficient (Wildman–Crippen LogP) is 4.07. The lowest BCUT2D eigenvalue weighted by atomic mass is 10.2. The number of rotatable bonds is 6. The molecule has 0 bridgehead atoms. The van der Waals surface area contributed by atoms with Crippen molar-refractivity contribution in [1.29, 1.82) is 0 Å². The topological polar surface area (TPSA) is 184 Å². The number of pyridine rings is 2. The monoisotopic (exact) mass is 696 g/mol. The Hall–Kier alpha value is -4.13. The molecule has 2 saturated heterocycles. The van der Waals surface area contributed by atoms with E-state index in [2.05, 4.69) is 46.5 Å². The summed E-state index contributed by atoms with van der Waals surface area (Å²) in [5.74, 6) is -1.25. The van der Waals surface area contributed by atoms with Crippen LogP contribution in [0.1, 0.15) is 56.0 Å². The predicted molar refractivity (Wildman–Crippen MR) is 164 cm³/mol. The maximum Gasteiger partial charge on any atom is 0.434 e. The van der Waals surface area contributed by atoms with Crippen LogP contribution in [0, 0.1) is 6.92 Å². The standard InChI is InChI=1S/C14H13ClF3N5O2.C14H16ClN5O2/c15-10-11(22-23-12(10)14(16,17)18)13(24)21-7-1-2-8(20-5-7)9-6-19-3-4-25-9;1-8-12(15)13(20-19-8)14(21)18-9-2-3-10(17-6-9)11-7-16-4-5-22-11/h1-2,5,9,19H,3-4,6H2,(H,21,24)(H,22,23);2-3,6,11,16H,4-5,7H2,1H3,(H,18,21)(H,19,20)/t9-;11-/m11/s1. The number of aryl methyl sites for hydroxylation is 1. The summed E-state index contributed by atoms with van der Waals surface area (Å²) in [6.07, 6.45) is -1.98. The van der Waals surface area contributed by atoms with Crippen LogP contribution in [0.5, 0.6) is 0 Å². The second-order valence-electron chi connectivity index (χ2n) is 10.2. The van der Waals surface area contributed by atoms with Gasteiger partial charge in [0.2, 0.25) is 0 Å². The minimum atomic E-state index is -4.72. The minimum absolute atomic E-state index is 0.0538. The zero-order chi connectivity index (χ0) is 33.6. The molecule has 0 spiro atoms. The van der Waals surface area contributed by atoms with Gasteiger partial charge in [-0.2, -0.15) is 23.4 Å². The van der Waals surface area contributed by atoms with E-state index in [-0.39, 0.29) is 23.8 Å². The van der Waals surface area contributed by atoms with Gasteiger partial charge < -0.3 is 30.7 Å². The molecule has 0 radical (unpaired) electrons. The zero-order valence-electron chi connectivity index (χ0n) is 24.7. The molecule has 6 N–H and O–H groups in total. The number of alkyl halides is 3. The van der Waals surface area contributed by atoms with Crippen LogP contribution in [-0.2, 0) is 15.7 Å². The molecule has 19 heteroatoms. The number of nitrogens with zero attached hydrogens (tertiary/aromatic N) is 4. The maximum absolute atomic E-state index is 12.7. The molecule has 2 aliphatic rings. The van der Waals surface area contributed by atoms with Gasteiger partial charge in [-0.15, -0.1) is 0 Å². The number of morpholine rings is 2. The summed E-state index contributed by atoms with van der Waals surface area (Å²) in [6, 6.07) is 6.86. The maximum atomic E-state index is 12.7. The summed E-state index contributed by atoms with van der Waals surface area (Å²) < 4.78 is 49.2. The number of hydrogen-bond acceptors (Lipinski definition) is 10. The Morgan fingerprint density at radius 2 is 1.30 bits per heavy atom. The lowest BCUT2D eigenvalue weighted by Gasteiger charge is -2.23. The van der Waals surface area contributed by atoms with Crippen LogP contribution in [0.4, 0.5) is 24.5 Å². The number of H-pyrrole nitrogens is 2. The van der Waals surface area contributed by atoms with Gasteiger partial charge in [-0.25, -0.2) is 0 Å². The van der Waals surface area contributed by atoms with Gasteiger partial charge >= 0.3 is 6.18 Å². The van der Waals surface area contributed by atoms with Gasteiger partial charge in [-0.3, -0.25) is 29.8 Å². The zero-order valence-corrected chi connectivity index (χ0v) is 26.2. The van der Waals surface area contributed by atoms with Crippen molar-refractivity contribution in [2.24, 2.45) is 0 Å². The molecule has 2 fully saturated rings. The third-order valence-electron chi connectivity index (χ3n) is 6.90. The number of hydrogen-bond donors (Lipinski definition) is 6. The van der Waals surface area contributed by atoms with Crippen molar-refractivity contribution >= 4 is 46.4 Å². The van der Waals surface area contributed by atoms with Crippen molar-refractivity contribution in [2.75, 3.05) is 50.0 Å². The number of amides is 2. The fourth-order valence-electron chi connectivity index (χ4n) is 4.46. The van der Waals surface area contributed by atoms with Gasteiger partial charge in [-0.05, 0) is 31.2 Å². The Balaban J connectivity index is 0.000000186. The number of ether oxygens (including phenoxy) is 2. The quantitative estimate of drug-likeness (QED) is 0.172. The summed E-state index contributed by atoms with van der Waals surface area (Å²) in [5, 5.41) is 22.7. The van der Waals surface area contributed by atoms with Crippen molar-refractivity contribution in [3.63, 3.8) is 0 Å². The van der Waals surface area contributed by atoms with E-state index >= 15 is 0 Å². The molecule has 2 aliphatic heterocycles. The highest BCUT2D eigenvalue weighted by atomic mass is 35.5. The number of aromatic nitrogens is 6. The lowest BCUT2D eigenvalue weighted by Crippen LogP contribution is -2.33. The smallest absolute Gasteiger partial charge is 0.369 e. The van der Waals surface area contributed by atoms with Crippen LogP contribution in [0.25, 0.3) is 0 Å². The Morgan fingerprint density at radius 1 is 0.809 bits per heavy atom. The molecular formula is C28H29Cl2F3N10O4. The van der Waals surface area contributed by atoms with E-state index in [1.165, 1.54) is 6.20 Å². The first-order valence-corrected chi connectivity index (χ1v) is 15.0. The first-order valence-electron chi connectivity index (χ1n) is 14.2. The number of anilines is 2. The van der Waals surface area contributed by atoms with Crippen LogP contribution in [0.2, 0.25) is 10.0 Å². The van der Waals surface area contributed by atoms with Crippen molar-refractivity contribution in [3.05, 3.63) is 80.9 Å². The molecule has 4 aromatic heterocycles. The van der Waals surface area contributed by atoms with Crippen molar-refractivity contribution in [3.8, 4) is 0 Å². The fraction of sp³-hybridized carbons (Fsp3) is 0.357. The molecule has 14 nitrogen and oxygen atoms in total. The van der Waals surface area contributed by atoms with Gasteiger partial charge in [-0.1, -0.05) is 23.2 Å². The molecule has 250 valence electrons. The number of halogens is 5. The summed E-state index contributed by atoms with van der Waals surface area (Å²) in [6.45, 7) is 5.98. The minimum Gasteiger partial charge on any atom is -0.369 e. The van der Waals surface area contributed by atoms with E-state index in [1.54, 1.807) is 36.4 Å². The summed E-state index contributed by atoms with van der Waals surface area (Å²) in [7, 11) is 0. The highest BCUT2D eigenvalue weighted by Crippen LogP contribution is 2.34. The van der Waals surface area contributed by atoms with Gasteiger partial charge in [0, 0.05) is 26.2 Å². The second-order valence-corrected chi connectivity index (χ2v) is 11.0. The average molecular weight is 698 g/mol.